The summed E-state index contributed by atoms with van der Waals surface area (Å²) in [5.41, 5.74) is 1.66. The Balaban J connectivity index is 1.40. The molecule has 0 spiro atoms. The topological polar surface area (TPSA) is 79.0 Å². The van der Waals surface area contributed by atoms with Crippen molar-refractivity contribution in [2.24, 2.45) is 0 Å². The van der Waals surface area contributed by atoms with Gasteiger partial charge in [-0.05, 0) is 37.1 Å². The van der Waals surface area contributed by atoms with Crippen LogP contribution in [0.4, 0.5) is 4.39 Å². The number of piperazine rings is 2. The van der Waals surface area contributed by atoms with Crippen LogP contribution in [0.3, 0.4) is 0 Å². The zero-order chi connectivity index (χ0) is 22.8. The molecule has 2 aromatic rings. The third-order valence-corrected chi connectivity index (χ3v) is 6.06. The highest BCUT2D eigenvalue weighted by atomic mass is 19.1. The monoisotopic (exact) mass is 439 g/mol. The van der Waals surface area contributed by atoms with Gasteiger partial charge in [-0.2, -0.15) is 0 Å². The highest BCUT2D eigenvalue weighted by Gasteiger charge is 2.46. The highest BCUT2D eigenvalue weighted by molar-refractivity contribution is 5.99. The van der Waals surface area contributed by atoms with E-state index >= 15 is 0 Å². The van der Waals surface area contributed by atoms with Crippen LogP contribution in [0, 0.1) is 12.7 Å². The second-order valence-corrected chi connectivity index (χ2v) is 8.25. The molecule has 0 aromatic heterocycles. The Hall–Kier alpha value is -3.26. The second kappa shape index (κ2) is 9.08. The third-order valence-electron chi connectivity index (χ3n) is 6.06. The van der Waals surface area contributed by atoms with Crippen molar-refractivity contribution >= 4 is 17.7 Å². The molecule has 2 saturated heterocycles. The maximum atomic E-state index is 13.9. The van der Waals surface area contributed by atoms with E-state index in [0.29, 0.717) is 12.2 Å². The summed E-state index contributed by atoms with van der Waals surface area (Å²) < 4.78 is 19.7. The maximum Gasteiger partial charge on any atom is 0.254 e. The van der Waals surface area contributed by atoms with Crippen LogP contribution in [0.25, 0.3) is 0 Å². The van der Waals surface area contributed by atoms with Crippen LogP contribution in [0.15, 0.2) is 48.5 Å². The Kier molecular flexibility index (Phi) is 6.23. The first-order valence-electron chi connectivity index (χ1n) is 10.7. The van der Waals surface area contributed by atoms with Crippen molar-refractivity contribution in [3.8, 4) is 0 Å². The first-order valence-corrected chi connectivity index (χ1v) is 10.7. The van der Waals surface area contributed by atoms with Gasteiger partial charge in [0, 0.05) is 18.7 Å². The molecule has 0 aliphatic carbocycles. The second-order valence-electron chi connectivity index (χ2n) is 8.25. The number of aryl methyl sites for hydroxylation is 1. The van der Waals surface area contributed by atoms with Gasteiger partial charge in [-0.15, -0.1) is 0 Å². The Bertz CT molecular complexity index is 1030. The lowest BCUT2D eigenvalue weighted by atomic mass is 10.0. The van der Waals surface area contributed by atoms with E-state index in [4.69, 9.17) is 4.74 Å². The van der Waals surface area contributed by atoms with Crippen molar-refractivity contribution in [1.29, 1.82) is 0 Å². The van der Waals surface area contributed by atoms with E-state index in [-0.39, 0.29) is 42.9 Å². The molecule has 1 N–H and O–H groups in total. The van der Waals surface area contributed by atoms with Gasteiger partial charge in [0.2, 0.25) is 11.8 Å². The van der Waals surface area contributed by atoms with Gasteiger partial charge >= 0.3 is 0 Å². The first kappa shape index (κ1) is 22.0. The normalized spacial score (nSPS) is 21.7. The third kappa shape index (κ3) is 4.36. The van der Waals surface area contributed by atoms with Gasteiger partial charge < -0.3 is 19.9 Å². The van der Waals surface area contributed by atoms with Gasteiger partial charge in [0.25, 0.3) is 5.91 Å². The average Bonchev–Trinajstić information content (AvgIpc) is 2.81. The molecule has 32 heavy (non-hydrogen) atoms. The summed E-state index contributed by atoms with van der Waals surface area (Å²) >= 11 is 0. The zero-order valence-electron chi connectivity index (χ0n) is 18.1. The molecule has 3 amide bonds. The fourth-order valence-corrected chi connectivity index (χ4v) is 4.07. The quantitative estimate of drug-likeness (QED) is 0.772. The van der Waals surface area contributed by atoms with Gasteiger partial charge in [0.15, 0.2) is 0 Å². The predicted octanol–water partition coefficient (Wildman–Crippen LogP) is 1.89. The molecule has 0 unspecified atom stereocenters. The number of carbonyl (C=O) groups excluding carboxylic acids is 3. The van der Waals surface area contributed by atoms with E-state index in [1.807, 2.05) is 30.3 Å². The summed E-state index contributed by atoms with van der Waals surface area (Å²) in [5, 5.41) is 2.76. The molecule has 0 bridgehead atoms. The summed E-state index contributed by atoms with van der Waals surface area (Å²) in [5.74, 6) is -1.35. The molecule has 168 valence electrons. The van der Waals surface area contributed by atoms with Crippen LogP contribution in [0.2, 0.25) is 0 Å². The molecule has 4 rings (SSSR count). The summed E-state index contributed by atoms with van der Waals surface area (Å²) in [4.78, 5) is 41.7. The van der Waals surface area contributed by atoms with Gasteiger partial charge in [-0.1, -0.05) is 36.4 Å². The van der Waals surface area contributed by atoms with Crippen LogP contribution >= 0.6 is 0 Å². The van der Waals surface area contributed by atoms with E-state index in [9.17, 15) is 18.8 Å². The van der Waals surface area contributed by atoms with Crippen LogP contribution in [0.1, 0.15) is 28.4 Å². The van der Waals surface area contributed by atoms with Gasteiger partial charge in [-0.3, -0.25) is 14.4 Å². The van der Waals surface area contributed by atoms with E-state index in [1.54, 1.807) is 26.0 Å². The number of rotatable bonds is 5. The van der Waals surface area contributed by atoms with Crippen LogP contribution in [-0.2, 0) is 20.9 Å². The average molecular weight is 439 g/mol. The van der Waals surface area contributed by atoms with Crippen molar-refractivity contribution < 1.29 is 23.5 Å². The number of benzene rings is 2. The molecule has 2 aliphatic rings. The largest absolute Gasteiger partial charge is 0.371 e. The fraction of sp³-hybridized carbons (Fsp3) is 0.375. The molecule has 2 aromatic carbocycles. The Morgan fingerprint density at radius 1 is 1.19 bits per heavy atom. The minimum atomic E-state index is -0.782. The number of halogens is 1. The van der Waals surface area contributed by atoms with Gasteiger partial charge in [-0.25, -0.2) is 4.39 Å². The predicted molar refractivity (Wildman–Crippen MR) is 115 cm³/mol. The number of carbonyl (C=O) groups is 3. The van der Waals surface area contributed by atoms with E-state index < -0.39 is 24.0 Å². The number of nitrogens with zero attached hydrogens (tertiary/aromatic N) is 2. The summed E-state index contributed by atoms with van der Waals surface area (Å²) in [6.07, 6.45) is -0.511. The number of ether oxygens (including phenoxy) is 1. The standard InChI is InChI=1S/C24H26FN3O4/c1-15-8-9-18(12-19(15)25)23(30)27-10-11-28-20(13-27)22(29)26-21(24(28)31)16(2)32-14-17-6-4-3-5-7-17/h3-9,12,16,20-21H,10-11,13-14H2,1-2H3,(H,26,29)/t16-,20-,21+/m1/s1. The SMILES string of the molecule is Cc1ccc(C(=O)N2CCN3C(=O)[C@H]([C@@H](C)OCc4ccccc4)NC(=O)[C@H]3C2)cc1F. The van der Waals surface area contributed by atoms with Crippen LogP contribution in [0.5, 0.6) is 0 Å². The van der Waals surface area contributed by atoms with Crippen molar-refractivity contribution in [1.82, 2.24) is 15.1 Å². The van der Waals surface area contributed by atoms with E-state index in [2.05, 4.69) is 5.32 Å². The van der Waals surface area contributed by atoms with E-state index in [1.165, 1.54) is 15.9 Å². The Labute approximate surface area is 186 Å². The fourth-order valence-electron chi connectivity index (χ4n) is 4.07. The lowest BCUT2D eigenvalue weighted by molar-refractivity contribution is -0.156. The minimum Gasteiger partial charge on any atom is -0.371 e. The molecule has 3 atom stereocenters. The molecular weight excluding hydrogens is 413 g/mol. The molecule has 2 heterocycles. The number of nitrogens with one attached hydrogen (secondary N) is 1. The van der Waals surface area contributed by atoms with Crippen LogP contribution < -0.4 is 5.32 Å². The van der Waals surface area contributed by atoms with E-state index in [0.717, 1.165) is 5.56 Å². The number of fused-ring (bicyclic) bond motifs is 1. The summed E-state index contributed by atoms with van der Waals surface area (Å²) in [7, 11) is 0. The molecular formula is C24H26FN3O4. The number of hydrogen-bond donors (Lipinski definition) is 1. The minimum absolute atomic E-state index is 0.0673. The molecule has 2 fully saturated rings. The molecule has 0 radical (unpaired) electrons. The first-order chi connectivity index (χ1) is 15.3. The summed E-state index contributed by atoms with van der Waals surface area (Å²) in [6, 6.07) is 12.4. The van der Waals surface area contributed by atoms with Crippen molar-refractivity contribution in [2.75, 3.05) is 19.6 Å². The lowest BCUT2D eigenvalue weighted by Crippen LogP contribution is -2.71. The highest BCUT2D eigenvalue weighted by Crippen LogP contribution is 2.21. The Morgan fingerprint density at radius 3 is 2.66 bits per heavy atom. The lowest BCUT2D eigenvalue weighted by Gasteiger charge is -2.46. The Morgan fingerprint density at radius 2 is 1.94 bits per heavy atom. The van der Waals surface area contributed by atoms with Crippen LogP contribution in [-0.4, -0.2) is 65.3 Å². The smallest absolute Gasteiger partial charge is 0.254 e. The van der Waals surface area contributed by atoms with Crippen molar-refractivity contribution in [3.05, 3.63) is 71.0 Å². The number of amides is 3. The number of hydrogen-bond acceptors (Lipinski definition) is 4. The molecule has 7 nitrogen and oxygen atoms in total. The maximum absolute atomic E-state index is 13.9. The van der Waals surface area contributed by atoms with Gasteiger partial charge in [0.05, 0.1) is 19.3 Å². The summed E-state index contributed by atoms with van der Waals surface area (Å²) in [6.45, 7) is 4.30. The van der Waals surface area contributed by atoms with Gasteiger partial charge in [0.1, 0.15) is 17.9 Å². The molecule has 8 heteroatoms. The molecule has 0 saturated carbocycles. The van der Waals surface area contributed by atoms with Crippen molar-refractivity contribution in [2.45, 2.75) is 38.6 Å². The zero-order valence-corrected chi connectivity index (χ0v) is 18.1. The van der Waals surface area contributed by atoms with Crippen molar-refractivity contribution in [3.63, 3.8) is 0 Å². The molecule has 2 aliphatic heterocycles.